The van der Waals surface area contributed by atoms with Gasteiger partial charge in [0.25, 0.3) is 0 Å². The first-order valence-corrected chi connectivity index (χ1v) is 39.9. The number of rotatable bonds is 50. The highest BCUT2D eigenvalue weighted by Gasteiger charge is 2.33. The van der Waals surface area contributed by atoms with E-state index < -0.39 is 0 Å². The number of benzene rings is 1. The van der Waals surface area contributed by atoms with Crippen molar-refractivity contribution in [1.29, 1.82) is 0 Å². The Hall–Kier alpha value is -2.70. The third-order valence-corrected chi connectivity index (χ3v) is 25.1. The van der Waals surface area contributed by atoms with Gasteiger partial charge in [-0.3, -0.25) is 9.59 Å². The lowest BCUT2D eigenvalue weighted by Crippen LogP contribution is -2.14. The highest BCUT2D eigenvalue weighted by atomic mass is 32.1. The van der Waals surface area contributed by atoms with Crippen LogP contribution in [0, 0.1) is 11.8 Å². The van der Waals surface area contributed by atoms with E-state index in [0.29, 0.717) is 11.8 Å². The van der Waals surface area contributed by atoms with Crippen molar-refractivity contribution in [2.45, 2.75) is 337 Å². The topological polar surface area (TPSA) is 69.8 Å². The van der Waals surface area contributed by atoms with E-state index >= 15 is 0 Å². The summed E-state index contributed by atoms with van der Waals surface area (Å²) >= 11 is 8.93. The summed E-state index contributed by atoms with van der Waals surface area (Å²) in [4.78, 5) is 28.6. The molecule has 0 radical (unpaired) electrons. The summed E-state index contributed by atoms with van der Waals surface area (Å²) in [5, 5.41) is 2.60. The van der Waals surface area contributed by atoms with E-state index in [1.54, 1.807) is 22.7 Å². The van der Waals surface area contributed by atoms with Crippen LogP contribution in [0.4, 0.5) is 0 Å². The molecule has 0 aliphatic rings. The SMILES string of the molecule is CCCCCCCCCCCc1c(C=O)sc2c1sc1c3c4nsnc4c4c5sc6c(CCCCCCCCCCC)c(C=O)sc6c5n(CC(CCCCCC)CCCCCCCC)c4c3n(CC(CCCCCC)CCCCCCCC)c21. The van der Waals surface area contributed by atoms with Gasteiger partial charge >= 0.3 is 0 Å². The van der Waals surface area contributed by atoms with Crippen molar-refractivity contribution in [1.82, 2.24) is 17.9 Å². The Labute approximate surface area is 535 Å². The number of hydrogen-bond donors (Lipinski definition) is 0. The molecule has 7 aromatic heterocycles. The lowest BCUT2D eigenvalue weighted by Gasteiger charge is -2.22. The molecule has 0 saturated heterocycles. The van der Waals surface area contributed by atoms with Gasteiger partial charge in [-0.1, -0.05) is 273 Å². The van der Waals surface area contributed by atoms with Gasteiger partial charge in [0.05, 0.1) is 71.7 Å². The number of aromatic nitrogens is 4. The first-order valence-electron chi connectivity index (χ1n) is 35.9. The summed E-state index contributed by atoms with van der Waals surface area (Å²) in [5.74, 6) is 1.10. The smallest absolute Gasteiger partial charge is 0.160 e. The van der Waals surface area contributed by atoms with Gasteiger partial charge in [-0.05, 0) is 74.3 Å². The molecule has 0 aliphatic carbocycles. The first-order chi connectivity index (χ1) is 42.0. The molecule has 8 rings (SSSR count). The number of aldehydes is 2. The van der Waals surface area contributed by atoms with Crippen LogP contribution in [0.1, 0.15) is 342 Å². The number of fused-ring (bicyclic) bond motifs is 14. The zero-order chi connectivity index (χ0) is 59.6. The van der Waals surface area contributed by atoms with Crippen LogP contribution in [0.15, 0.2) is 0 Å². The lowest BCUT2D eigenvalue weighted by molar-refractivity contribution is 0.111. The third-order valence-electron chi connectivity index (χ3n) is 19.5. The summed E-state index contributed by atoms with van der Waals surface area (Å²) < 4.78 is 24.6. The van der Waals surface area contributed by atoms with Crippen molar-refractivity contribution in [3.8, 4) is 0 Å². The van der Waals surface area contributed by atoms with Gasteiger partial charge in [-0.25, -0.2) is 0 Å². The molecule has 0 saturated carbocycles. The van der Waals surface area contributed by atoms with E-state index in [9.17, 15) is 9.59 Å². The Morgan fingerprint density at radius 3 is 0.918 bits per heavy atom. The van der Waals surface area contributed by atoms with Crippen LogP contribution >= 0.6 is 57.1 Å². The zero-order valence-electron chi connectivity index (χ0n) is 54.5. The molecule has 6 nitrogen and oxygen atoms in total. The van der Waals surface area contributed by atoms with Crippen molar-refractivity contribution >= 4 is 142 Å². The molecule has 0 amide bonds. The maximum absolute atomic E-state index is 13.4. The molecule has 1 aromatic carbocycles. The van der Waals surface area contributed by atoms with E-state index in [0.717, 1.165) is 59.6 Å². The predicted octanol–water partition coefficient (Wildman–Crippen LogP) is 26.9. The fraction of sp³-hybridized carbons (Fsp3) is 0.730. The molecule has 0 aliphatic heterocycles. The highest BCUT2D eigenvalue weighted by Crippen LogP contribution is 2.55. The van der Waals surface area contributed by atoms with E-state index in [1.807, 2.05) is 22.7 Å². The fourth-order valence-corrected chi connectivity index (χ4v) is 20.7. The van der Waals surface area contributed by atoms with Crippen molar-refractivity contribution in [3.63, 3.8) is 0 Å². The molecule has 8 aromatic rings. The van der Waals surface area contributed by atoms with E-state index in [4.69, 9.17) is 8.75 Å². The number of thiophene rings is 4. The number of unbranched alkanes of at least 4 members (excludes halogenated alkanes) is 32. The first kappa shape index (κ1) is 68.2. The molecule has 472 valence electrons. The number of carbonyl (C=O) groups is 2. The molecular weight excluding hydrogens is 1140 g/mol. The molecule has 2 atom stereocenters. The monoisotopic (exact) mass is 1250 g/mol. The number of carbonyl (C=O) groups excluding carboxylic acids is 2. The van der Waals surface area contributed by atoms with Gasteiger partial charge in [0, 0.05) is 23.9 Å². The Bertz CT molecular complexity index is 3000. The van der Waals surface area contributed by atoms with Gasteiger partial charge in [-0.15, -0.1) is 45.3 Å². The average molecular weight is 1250 g/mol. The molecule has 0 N–H and O–H groups in total. The molecule has 0 spiro atoms. The summed E-state index contributed by atoms with van der Waals surface area (Å²) in [6.07, 6.45) is 58.9. The molecule has 0 fully saturated rings. The van der Waals surface area contributed by atoms with Gasteiger partial charge in [-0.2, -0.15) is 8.75 Å². The summed E-state index contributed by atoms with van der Waals surface area (Å²) in [6.45, 7) is 15.9. The van der Waals surface area contributed by atoms with Crippen molar-refractivity contribution in [3.05, 3.63) is 20.9 Å². The second-order valence-corrected chi connectivity index (χ2v) is 31.0. The Morgan fingerprint density at radius 1 is 0.329 bits per heavy atom. The summed E-state index contributed by atoms with van der Waals surface area (Å²) in [5.41, 5.74) is 10.2. The maximum atomic E-state index is 13.4. The number of nitrogens with zero attached hydrogens (tertiary/aromatic N) is 4. The van der Waals surface area contributed by atoms with Crippen LogP contribution in [0.2, 0.25) is 0 Å². The van der Waals surface area contributed by atoms with Crippen LogP contribution < -0.4 is 0 Å². The van der Waals surface area contributed by atoms with Crippen LogP contribution in [-0.2, 0) is 25.9 Å². The lowest BCUT2D eigenvalue weighted by atomic mass is 9.93. The van der Waals surface area contributed by atoms with Crippen molar-refractivity contribution < 1.29 is 9.59 Å². The fourth-order valence-electron chi connectivity index (χ4n) is 14.5. The Morgan fingerprint density at radius 2 is 0.612 bits per heavy atom. The predicted molar refractivity (Wildman–Crippen MR) is 383 cm³/mol. The molecule has 0 bridgehead atoms. The second kappa shape index (κ2) is 37.5. The minimum atomic E-state index is 0.550. The van der Waals surface area contributed by atoms with Gasteiger partial charge in [0.1, 0.15) is 11.0 Å². The normalized spacial score (nSPS) is 13.1. The van der Waals surface area contributed by atoms with Crippen LogP contribution in [0.25, 0.3) is 72.1 Å². The number of hydrogen-bond acceptors (Lipinski definition) is 9. The second-order valence-electron chi connectivity index (χ2n) is 26.3. The van der Waals surface area contributed by atoms with Gasteiger partial charge in [0.2, 0.25) is 0 Å². The molecular formula is C74H114N4O2S5. The Kier molecular flexibility index (Phi) is 30.1. The Balaban J connectivity index is 1.32. The largest absolute Gasteiger partial charge is 0.337 e. The molecule has 85 heavy (non-hydrogen) atoms. The van der Waals surface area contributed by atoms with E-state index in [2.05, 4.69) is 50.7 Å². The van der Waals surface area contributed by atoms with Crippen LogP contribution in [-0.4, -0.2) is 30.5 Å². The van der Waals surface area contributed by atoms with Gasteiger partial charge in [0.15, 0.2) is 12.6 Å². The van der Waals surface area contributed by atoms with E-state index in [1.165, 1.54) is 353 Å². The van der Waals surface area contributed by atoms with E-state index in [-0.39, 0.29) is 0 Å². The van der Waals surface area contributed by atoms with Gasteiger partial charge < -0.3 is 9.13 Å². The standard InChI is InChI=1S/C74H114N4O2S5/c1-7-13-19-25-29-31-33-37-43-49-57-59(53-79)81-73-67-71(83-69(57)73)61-63-64(76-85-75-63)62-66(65(61)77(67)51-55(45-39-23-17-11-5)47-41-35-27-21-15-9-3)78(52-56(46-40-24-18-12-6)48-42-36-28-22-16-10-4)68-72(62)84-70-58(60(54-80)82-74(68)70)50-44-38-34-32-30-26-20-14-8-2/h53-56H,7-52H2,1-6H3. The maximum Gasteiger partial charge on any atom is 0.160 e. The highest BCUT2D eigenvalue weighted by molar-refractivity contribution is 7.35. The quantitative estimate of drug-likeness (QED) is 0.0281. The molecule has 11 heteroatoms. The zero-order valence-corrected chi connectivity index (χ0v) is 58.6. The van der Waals surface area contributed by atoms with Crippen molar-refractivity contribution in [2.75, 3.05) is 0 Å². The average Bonchev–Trinajstić information content (AvgIpc) is 1.53. The summed E-state index contributed by atoms with van der Waals surface area (Å²) in [6, 6.07) is 0. The molecule has 2 unspecified atom stereocenters. The van der Waals surface area contributed by atoms with Crippen molar-refractivity contribution in [2.24, 2.45) is 11.8 Å². The minimum absolute atomic E-state index is 0.550. The van der Waals surface area contributed by atoms with Crippen LogP contribution in [0.3, 0.4) is 0 Å². The van der Waals surface area contributed by atoms with Crippen LogP contribution in [0.5, 0.6) is 0 Å². The third kappa shape index (κ3) is 17.8. The minimum Gasteiger partial charge on any atom is -0.337 e. The number of aryl methyl sites for hydroxylation is 2. The summed E-state index contributed by atoms with van der Waals surface area (Å²) in [7, 11) is 0. The molecule has 7 heterocycles.